The van der Waals surface area contributed by atoms with Crippen molar-refractivity contribution < 1.29 is 28.6 Å². The smallest absolute Gasteiger partial charge is 0.324 e. The maximum atomic E-state index is 11.6. The molecular formula is C10H14O6. The molecule has 0 amide bonds. The lowest BCUT2D eigenvalue weighted by Gasteiger charge is -2.42. The Morgan fingerprint density at radius 1 is 1.00 bits per heavy atom. The summed E-state index contributed by atoms with van der Waals surface area (Å²) in [6.07, 6.45) is 0.656. The molecule has 1 aliphatic carbocycles. The number of carbonyl (C=O) groups excluding carboxylic acids is 3. The van der Waals surface area contributed by atoms with Crippen LogP contribution in [0, 0.1) is 11.3 Å². The van der Waals surface area contributed by atoms with Crippen LogP contribution < -0.4 is 0 Å². The fourth-order valence-corrected chi connectivity index (χ4v) is 1.97. The van der Waals surface area contributed by atoms with Gasteiger partial charge in [0.2, 0.25) is 0 Å². The van der Waals surface area contributed by atoms with Gasteiger partial charge in [-0.3, -0.25) is 14.4 Å². The Morgan fingerprint density at radius 3 is 1.75 bits per heavy atom. The van der Waals surface area contributed by atoms with E-state index < -0.39 is 29.2 Å². The third kappa shape index (κ3) is 1.54. The molecule has 0 radical (unpaired) electrons. The molecule has 0 N–H and O–H groups in total. The molecule has 1 unspecified atom stereocenters. The van der Waals surface area contributed by atoms with Gasteiger partial charge in [0, 0.05) is 0 Å². The molecule has 0 spiro atoms. The predicted molar refractivity (Wildman–Crippen MR) is 51.2 cm³/mol. The second-order valence-electron chi connectivity index (χ2n) is 3.57. The molecule has 1 rings (SSSR count). The molecule has 1 atom stereocenters. The van der Waals surface area contributed by atoms with Crippen LogP contribution in [-0.4, -0.2) is 39.2 Å². The molecule has 0 bridgehead atoms. The fraction of sp³-hybridized carbons (Fsp3) is 0.700. The van der Waals surface area contributed by atoms with Gasteiger partial charge >= 0.3 is 17.9 Å². The van der Waals surface area contributed by atoms with Crippen molar-refractivity contribution in [3.8, 4) is 0 Å². The van der Waals surface area contributed by atoms with Crippen molar-refractivity contribution in [1.29, 1.82) is 0 Å². The third-order valence-electron chi connectivity index (χ3n) is 3.01. The number of esters is 3. The second kappa shape index (κ2) is 4.51. The van der Waals surface area contributed by atoms with Gasteiger partial charge in [0.05, 0.1) is 27.2 Å². The van der Waals surface area contributed by atoms with E-state index in [0.717, 1.165) is 0 Å². The summed E-state index contributed by atoms with van der Waals surface area (Å²) < 4.78 is 13.7. The average Bonchev–Trinajstić information content (AvgIpc) is 2.27. The summed E-state index contributed by atoms with van der Waals surface area (Å²) in [4.78, 5) is 34.6. The van der Waals surface area contributed by atoms with Gasteiger partial charge in [0.15, 0.2) is 5.41 Å². The topological polar surface area (TPSA) is 78.9 Å². The highest BCUT2D eigenvalue weighted by atomic mass is 16.6. The highest BCUT2D eigenvalue weighted by Gasteiger charge is 2.64. The highest BCUT2D eigenvalue weighted by molar-refractivity contribution is 6.05. The molecule has 16 heavy (non-hydrogen) atoms. The van der Waals surface area contributed by atoms with Gasteiger partial charge in [-0.25, -0.2) is 0 Å². The molecular weight excluding hydrogens is 216 g/mol. The largest absolute Gasteiger partial charge is 0.469 e. The molecule has 0 aliphatic heterocycles. The third-order valence-corrected chi connectivity index (χ3v) is 3.01. The van der Waals surface area contributed by atoms with E-state index in [1.165, 1.54) is 21.3 Å². The van der Waals surface area contributed by atoms with Gasteiger partial charge in [0.1, 0.15) is 0 Å². The van der Waals surface area contributed by atoms with Crippen molar-refractivity contribution in [1.82, 2.24) is 0 Å². The Morgan fingerprint density at radius 2 is 1.50 bits per heavy atom. The summed E-state index contributed by atoms with van der Waals surface area (Å²) in [5.74, 6) is -2.90. The highest BCUT2D eigenvalue weighted by Crippen LogP contribution is 2.49. The lowest BCUT2D eigenvalue weighted by Crippen LogP contribution is -2.56. The van der Waals surface area contributed by atoms with Crippen LogP contribution >= 0.6 is 0 Å². The van der Waals surface area contributed by atoms with E-state index >= 15 is 0 Å². The zero-order chi connectivity index (χ0) is 12.3. The van der Waals surface area contributed by atoms with Crippen LogP contribution in [0.2, 0.25) is 0 Å². The molecule has 0 aromatic carbocycles. The van der Waals surface area contributed by atoms with E-state index in [4.69, 9.17) is 0 Å². The molecule has 0 aromatic heterocycles. The van der Waals surface area contributed by atoms with E-state index in [2.05, 4.69) is 14.2 Å². The molecule has 1 fully saturated rings. The van der Waals surface area contributed by atoms with Crippen LogP contribution in [0.5, 0.6) is 0 Å². The van der Waals surface area contributed by atoms with Crippen molar-refractivity contribution >= 4 is 17.9 Å². The van der Waals surface area contributed by atoms with Crippen molar-refractivity contribution in [3.63, 3.8) is 0 Å². The summed E-state index contributed by atoms with van der Waals surface area (Å²) in [7, 11) is 3.54. The maximum Gasteiger partial charge on any atom is 0.324 e. The molecule has 1 aliphatic rings. The van der Waals surface area contributed by atoms with Crippen LogP contribution in [0.15, 0.2) is 0 Å². The van der Waals surface area contributed by atoms with Gasteiger partial charge in [-0.2, -0.15) is 0 Å². The Labute approximate surface area is 92.8 Å². The normalized spacial score (nSPS) is 21.6. The standard InChI is InChI=1S/C10H14O6/c1-14-7(11)6-4-5-10(6,8(12)15-2)9(13)16-3/h6H,4-5H2,1-3H3. The van der Waals surface area contributed by atoms with Gasteiger partial charge in [0.25, 0.3) is 0 Å². The number of carbonyl (C=O) groups is 3. The fourth-order valence-electron chi connectivity index (χ4n) is 1.97. The first-order valence-corrected chi connectivity index (χ1v) is 4.79. The van der Waals surface area contributed by atoms with Gasteiger partial charge < -0.3 is 14.2 Å². The second-order valence-corrected chi connectivity index (χ2v) is 3.57. The Bertz CT molecular complexity index is 305. The number of methoxy groups -OCH3 is 3. The van der Waals surface area contributed by atoms with E-state index in [0.29, 0.717) is 6.42 Å². The quantitative estimate of drug-likeness (QED) is 0.383. The average molecular weight is 230 g/mol. The Hall–Kier alpha value is -1.59. The number of rotatable bonds is 3. The van der Waals surface area contributed by atoms with Gasteiger partial charge in [-0.15, -0.1) is 0 Å². The van der Waals surface area contributed by atoms with Crippen LogP contribution in [-0.2, 0) is 28.6 Å². The summed E-state index contributed by atoms with van der Waals surface area (Å²) >= 11 is 0. The lowest BCUT2D eigenvalue weighted by molar-refractivity contribution is -0.191. The van der Waals surface area contributed by atoms with E-state index in [1.54, 1.807) is 0 Å². The summed E-state index contributed by atoms with van der Waals surface area (Å²) in [5.41, 5.74) is -1.52. The lowest BCUT2D eigenvalue weighted by atomic mass is 9.59. The van der Waals surface area contributed by atoms with Crippen molar-refractivity contribution in [3.05, 3.63) is 0 Å². The van der Waals surface area contributed by atoms with Crippen molar-refractivity contribution in [2.24, 2.45) is 11.3 Å². The molecule has 90 valence electrons. The van der Waals surface area contributed by atoms with Crippen LogP contribution in [0.25, 0.3) is 0 Å². The molecule has 6 nitrogen and oxygen atoms in total. The maximum absolute atomic E-state index is 11.6. The predicted octanol–water partition coefficient (Wildman–Crippen LogP) is -0.0982. The van der Waals surface area contributed by atoms with Crippen LogP contribution in [0.1, 0.15) is 12.8 Å². The molecule has 0 aromatic rings. The minimum absolute atomic E-state index is 0.242. The Kier molecular flexibility index (Phi) is 3.51. The van der Waals surface area contributed by atoms with Crippen molar-refractivity contribution in [2.75, 3.05) is 21.3 Å². The minimum Gasteiger partial charge on any atom is -0.469 e. The van der Waals surface area contributed by atoms with Crippen molar-refractivity contribution in [2.45, 2.75) is 12.8 Å². The number of ether oxygens (including phenoxy) is 3. The van der Waals surface area contributed by atoms with Gasteiger partial charge in [-0.05, 0) is 12.8 Å². The first kappa shape index (κ1) is 12.5. The zero-order valence-electron chi connectivity index (χ0n) is 9.44. The monoisotopic (exact) mass is 230 g/mol. The molecule has 0 saturated heterocycles. The molecule has 0 heterocycles. The number of hydrogen-bond acceptors (Lipinski definition) is 6. The van der Waals surface area contributed by atoms with E-state index in [9.17, 15) is 14.4 Å². The summed E-state index contributed by atoms with van der Waals surface area (Å²) in [6, 6.07) is 0. The molecule has 1 saturated carbocycles. The Balaban J connectivity index is 3.02. The van der Waals surface area contributed by atoms with E-state index in [1.807, 2.05) is 0 Å². The molecule has 6 heteroatoms. The first-order chi connectivity index (χ1) is 7.54. The zero-order valence-corrected chi connectivity index (χ0v) is 9.44. The summed E-state index contributed by atoms with van der Waals surface area (Å²) in [5, 5.41) is 0. The van der Waals surface area contributed by atoms with E-state index in [-0.39, 0.29) is 6.42 Å². The van der Waals surface area contributed by atoms with Gasteiger partial charge in [-0.1, -0.05) is 0 Å². The number of hydrogen-bond donors (Lipinski definition) is 0. The summed E-state index contributed by atoms with van der Waals surface area (Å²) in [6.45, 7) is 0. The SMILES string of the molecule is COC(=O)C1CCC1(C(=O)OC)C(=O)OC. The van der Waals surface area contributed by atoms with Crippen LogP contribution in [0.3, 0.4) is 0 Å². The first-order valence-electron chi connectivity index (χ1n) is 4.79. The minimum atomic E-state index is -1.52. The van der Waals surface area contributed by atoms with Crippen LogP contribution in [0.4, 0.5) is 0 Å².